The third-order valence-corrected chi connectivity index (χ3v) is 2.33. The molecule has 0 heterocycles. The SMILES string of the molecule is CSc1cc(C)c(F)c(C=O)c1. The van der Waals surface area contributed by atoms with Crippen molar-refractivity contribution in [1.29, 1.82) is 0 Å². The zero-order chi connectivity index (χ0) is 9.14. The Hall–Kier alpha value is -0.830. The summed E-state index contributed by atoms with van der Waals surface area (Å²) < 4.78 is 13.1. The van der Waals surface area contributed by atoms with Gasteiger partial charge in [0.2, 0.25) is 0 Å². The lowest BCUT2D eigenvalue weighted by atomic mass is 10.1. The summed E-state index contributed by atoms with van der Waals surface area (Å²) in [4.78, 5) is 11.3. The largest absolute Gasteiger partial charge is 0.298 e. The summed E-state index contributed by atoms with van der Waals surface area (Å²) in [6.07, 6.45) is 2.43. The van der Waals surface area contributed by atoms with E-state index in [4.69, 9.17) is 0 Å². The van der Waals surface area contributed by atoms with E-state index in [1.54, 1.807) is 19.1 Å². The van der Waals surface area contributed by atoms with Gasteiger partial charge in [-0.15, -0.1) is 11.8 Å². The molecule has 0 bridgehead atoms. The molecule has 0 aromatic heterocycles. The van der Waals surface area contributed by atoms with E-state index >= 15 is 0 Å². The molecule has 0 spiro atoms. The second-order valence-corrected chi connectivity index (χ2v) is 3.35. The highest BCUT2D eigenvalue weighted by Gasteiger charge is 2.05. The maximum absolute atomic E-state index is 13.1. The van der Waals surface area contributed by atoms with Crippen molar-refractivity contribution >= 4 is 18.0 Å². The van der Waals surface area contributed by atoms with Crippen molar-refractivity contribution in [3.63, 3.8) is 0 Å². The third-order valence-electron chi connectivity index (χ3n) is 1.62. The van der Waals surface area contributed by atoms with E-state index in [1.807, 2.05) is 6.26 Å². The number of carbonyl (C=O) groups is 1. The molecular formula is C9H9FOS. The summed E-state index contributed by atoms with van der Waals surface area (Å²) in [6.45, 7) is 1.65. The van der Waals surface area contributed by atoms with Crippen LogP contribution in [0.3, 0.4) is 0 Å². The second kappa shape index (κ2) is 3.72. The van der Waals surface area contributed by atoms with Gasteiger partial charge in [-0.25, -0.2) is 4.39 Å². The van der Waals surface area contributed by atoms with Crippen LogP contribution in [0.15, 0.2) is 17.0 Å². The molecule has 1 rings (SSSR count). The molecule has 12 heavy (non-hydrogen) atoms. The topological polar surface area (TPSA) is 17.1 Å². The zero-order valence-electron chi connectivity index (χ0n) is 6.93. The van der Waals surface area contributed by atoms with Crippen LogP contribution in [0.2, 0.25) is 0 Å². The number of aldehydes is 1. The Kier molecular flexibility index (Phi) is 2.87. The van der Waals surface area contributed by atoms with Crippen molar-refractivity contribution < 1.29 is 9.18 Å². The van der Waals surface area contributed by atoms with Crippen molar-refractivity contribution in [2.24, 2.45) is 0 Å². The number of aryl methyl sites for hydroxylation is 1. The number of halogens is 1. The molecule has 0 radical (unpaired) electrons. The summed E-state index contributed by atoms with van der Waals surface area (Å²) in [5, 5.41) is 0. The molecule has 0 atom stereocenters. The lowest BCUT2D eigenvalue weighted by Crippen LogP contribution is -1.92. The molecule has 0 saturated carbocycles. The molecule has 64 valence electrons. The molecule has 0 unspecified atom stereocenters. The highest BCUT2D eigenvalue weighted by atomic mass is 32.2. The van der Waals surface area contributed by atoms with Gasteiger partial charge in [0.05, 0.1) is 5.56 Å². The van der Waals surface area contributed by atoms with E-state index in [-0.39, 0.29) is 5.56 Å². The van der Waals surface area contributed by atoms with Crippen LogP contribution in [0.5, 0.6) is 0 Å². The van der Waals surface area contributed by atoms with Gasteiger partial charge >= 0.3 is 0 Å². The Balaban J connectivity index is 3.28. The molecule has 0 saturated heterocycles. The van der Waals surface area contributed by atoms with Crippen molar-refractivity contribution in [2.75, 3.05) is 6.26 Å². The van der Waals surface area contributed by atoms with E-state index in [2.05, 4.69) is 0 Å². The van der Waals surface area contributed by atoms with Crippen LogP contribution in [-0.2, 0) is 0 Å². The fourth-order valence-electron chi connectivity index (χ4n) is 0.966. The van der Waals surface area contributed by atoms with Crippen molar-refractivity contribution in [3.05, 3.63) is 29.1 Å². The number of carbonyl (C=O) groups excluding carboxylic acids is 1. The van der Waals surface area contributed by atoms with Crippen molar-refractivity contribution in [3.8, 4) is 0 Å². The quantitative estimate of drug-likeness (QED) is 0.519. The maximum atomic E-state index is 13.1. The van der Waals surface area contributed by atoms with Crippen LogP contribution in [-0.4, -0.2) is 12.5 Å². The molecule has 1 aromatic rings. The van der Waals surface area contributed by atoms with Gasteiger partial charge in [-0.1, -0.05) is 0 Å². The van der Waals surface area contributed by atoms with E-state index in [0.29, 0.717) is 11.8 Å². The molecular weight excluding hydrogens is 175 g/mol. The summed E-state index contributed by atoms with van der Waals surface area (Å²) in [5.74, 6) is -0.414. The smallest absolute Gasteiger partial charge is 0.153 e. The number of hydrogen-bond acceptors (Lipinski definition) is 2. The lowest BCUT2D eigenvalue weighted by molar-refractivity contribution is 0.111. The van der Waals surface area contributed by atoms with Crippen LogP contribution in [0.25, 0.3) is 0 Å². The van der Waals surface area contributed by atoms with Crippen LogP contribution >= 0.6 is 11.8 Å². The monoisotopic (exact) mass is 184 g/mol. The second-order valence-electron chi connectivity index (χ2n) is 2.47. The van der Waals surface area contributed by atoms with Crippen LogP contribution in [0.4, 0.5) is 4.39 Å². The molecule has 0 amide bonds. The van der Waals surface area contributed by atoms with Crippen LogP contribution in [0, 0.1) is 12.7 Å². The Labute approximate surface area is 75.0 Å². The zero-order valence-corrected chi connectivity index (χ0v) is 7.74. The standard InChI is InChI=1S/C9H9FOS/c1-6-3-8(12-2)4-7(5-11)9(6)10/h3-5H,1-2H3. The molecule has 0 aliphatic heterocycles. The van der Waals surface area contributed by atoms with Gasteiger partial charge in [-0.2, -0.15) is 0 Å². The summed E-state index contributed by atoms with van der Waals surface area (Å²) in [6, 6.07) is 3.28. The average molecular weight is 184 g/mol. The lowest BCUT2D eigenvalue weighted by Gasteiger charge is -2.02. The Morgan fingerprint density at radius 2 is 2.17 bits per heavy atom. The Morgan fingerprint density at radius 1 is 1.50 bits per heavy atom. The van der Waals surface area contributed by atoms with Crippen molar-refractivity contribution in [2.45, 2.75) is 11.8 Å². The minimum Gasteiger partial charge on any atom is -0.298 e. The van der Waals surface area contributed by atoms with E-state index < -0.39 is 5.82 Å². The highest BCUT2D eigenvalue weighted by Crippen LogP contribution is 2.20. The minimum absolute atomic E-state index is 0.138. The van der Waals surface area contributed by atoms with E-state index in [1.165, 1.54) is 11.8 Å². The molecule has 0 N–H and O–H groups in total. The third kappa shape index (κ3) is 1.67. The van der Waals surface area contributed by atoms with Gasteiger partial charge in [0.15, 0.2) is 6.29 Å². The van der Waals surface area contributed by atoms with Gasteiger partial charge in [-0.05, 0) is 30.9 Å². The summed E-state index contributed by atoms with van der Waals surface area (Å²) in [7, 11) is 0. The van der Waals surface area contributed by atoms with Crippen LogP contribution < -0.4 is 0 Å². The molecule has 0 aliphatic rings. The predicted octanol–water partition coefficient (Wildman–Crippen LogP) is 2.67. The van der Waals surface area contributed by atoms with Gasteiger partial charge in [0, 0.05) is 4.90 Å². The number of thioether (sulfide) groups is 1. The number of benzene rings is 1. The Bertz CT molecular complexity index is 310. The number of hydrogen-bond donors (Lipinski definition) is 0. The van der Waals surface area contributed by atoms with Crippen molar-refractivity contribution in [1.82, 2.24) is 0 Å². The fourth-order valence-corrected chi connectivity index (χ4v) is 1.51. The Morgan fingerprint density at radius 3 is 2.67 bits per heavy atom. The molecule has 1 nitrogen and oxygen atoms in total. The minimum atomic E-state index is -0.414. The van der Waals surface area contributed by atoms with Gasteiger partial charge in [0.1, 0.15) is 5.82 Å². The first-order chi connectivity index (χ1) is 5.69. The average Bonchev–Trinajstić information content (AvgIpc) is 2.09. The maximum Gasteiger partial charge on any atom is 0.153 e. The highest BCUT2D eigenvalue weighted by molar-refractivity contribution is 7.98. The summed E-state index contributed by atoms with van der Waals surface area (Å²) >= 11 is 1.50. The van der Waals surface area contributed by atoms with Gasteiger partial charge < -0.3 is 0 Å². The van der Waals surface area contributed by atoms with Gasteiger partial charge in [-0.3, -0.25) is 4.79 Å². The normalized spacial score (nSPS) is 9.92. The molecule has 1 aromatic carbocycles. The summed E-state index contributed by atoms with van der Waals surface area (Å²) in [5.41, 5.74) is 0.656. The fraction of sp³-hybridized carbons (Fsp3) is 0.222. The van der Waals surface area contributed by atoms with Gasteiger partial charge in [0.25, 0.3) is 0 Å². The molecule has 3 heteroatoms. The predicted molar refractivity (Wildman–Crippen MR) is 48.3 cm³/mol. The van der Waals surface area contributed by atoms with E-state index in [9.17, 15) is 9.18 Å². The molecule has 0 aliphatic carbocycles. The number of rotatable bonds is 2. The first-order valence-electron chi connectivity index (χ1n) is 3.48. The first kappa shape index (κ1) is 9.26. The first-order valence-corrected chi connectivity index (χ1v) is 4.71. The van der Waals surface area contributed by atoms with E-state index in [0.717, 1.165) is 4.90 Å². The van der Waals surface area contributed by atoms with Crippen LogP contribution in [0.1, 0.15) is 15.9 Å². The molecule has 0 fully saturated rings.